The summed E-state index contributed by atoms with van der Waals surface area (Å²) in [5.74, 6) is -0.712. The maximum atomic E-state index is 11.3. The van der Waals surface area contributed by atoms with Crippen LogP contribution in [0.4, 0.5) is 11.4 Å². The Balaban J connectivity index is 2.83. The molecule has 0 spiro atoms. The van der Waals surface area contributed by atoms with E-state index in [1.165, 1.54) is 0 Å². The van der Waals surface area contributed by atoms with Gasteiger partial charge in [0.1, 0.15) is 0 Å². The van der Waals surface area contributed by atoms with Gasteiger partial charge in [-0.25, -0.2) is 0 Å². The highest BCUT2D eigenvalue weighted by Gasteiger charge is 2.30. The van der Waals surface area contributed by atoms with Crippen molar-refractivity contribution in [1.82, 2.24) is 0 Å². The Labute approximate surface area is 102 Å². The van der Waals surface area contributed by atoms with Gasteiger partial charge in [0, 0.05) is 11.4 Å². The zero-order valence-corrected chi connectivity index (χ0v) is 10.1. The predicted molar refractivity (Wildman–Crippen MR) is 64.5 cm³/mol. The summed E-state index contributed by atoms with van der Waals surface area (Å²) in [5.41, 5.74) is 7.64. The van der Waals surface area contributed by atoms with Gasteiger partial charge in [-0.2, -0.15) is 0 Å². The van der Waals surface area contributed by atoms with Gasteiger partial charge in [-0.3, -0.25) is 4.79 Å². The molecule has 0 heterocycles. The minimum absolute atomic E-state index is 0.495. The summed E-state index contributed by atoms with van der Waals surface area (Å²) < 4.78 is -1.97. The number of halogens is 3. The molecule has 82 valence electrons. The number of nitrogen functional groups attached to an aromatic ring is 1. The molecule has 0 saturated heterocycles. The first kappa shape index (κ1) is 12.4. The lowest BCUT2D eigenvalue weighted by atomic mass is 10.2. The monoisotopic (exact) mass is 266 g/mol. The second-order valence-electron chi connectivity index (χ2n) is 3.02. The summed E-state index contributed by atoms with van der Waals surface area (Å²) in [4.78, 5) is 11.3. The number of alkyl halides is 3. The number of hydrogen-bond acceptors (Lipinski definition) is 2. The van der Waals surface area contributed by atoms with Crippen molar-refractivity contribution in [1.29, 1.82) is 0 Å². The number of nitrogens with two attached hydrogens (primary N) is 1. The second-order valence-corrected chi connectivity index (χ2v) is 5.30. The van der Waals surface area contributed by atoms with E-state index < -0.39 is 9.70 Å². The molecular weight excluding hydrogens is 258 g/mol. The number of benzene rings is 1. The maximum absolute atomic E-state index is 11.3. The molecule has 0 saturated carbocycles. The molecule has 0 radical (unpaired) electrons. The Bertz CT molecular complexity index is 387. The van der Waals surface area contributed by atoms with Gasteiger partial charge in [0.05, 0.1) is 0 Å². The lowest BCUT2D eigenvalue weighted by Gasteiger charge is -2.12. The standard InChI is InChI=1S/C9H9Cl3N2O/c1-5-2-3-6(4-7(5)13)14-8(15)9(10,11)12/h2-4H,13H2,1H3,(H,14,15). The van der Waals surface area contributed by atoms with E-state index in [1.54, 1.807) is 18.2 Å². The highest BCUT2D eigenvalue weighted by Crippen LogP contribution is 2.28. The van der Waals surface area contributed by atoms with Gasteiger partial charge in [-0.15, -0.1) is 0 Å². The quantitative estimate of drug-likeness (QED) is 0.607. The lowest BCUT2D eigenvalue weighted by molar-refractivity contribution is -0.115. The number of hydrogen-bond donors (Lipinski definition) is 2. The van der Waals surface area contributed by atoms with Gasteiger partial charge >= 0.3 is 0 Å². The second kappa shape index (κ2) is 4.47. The number of carbonyl (C=O) groups is 1. The topological polar surface area (TPSA) is 55.1 Å². The SMILES string of the molecule is Cc1ccc(NC(=O)C(Cl)(Cl)Cl)cc1N. The van der Waals surface area contributed by atoms with Crippen LogP contribution in [0.5, 0.6) is 0 Å². The molecule has 1 rings (SSSR count). The summed E-state index contributed by atoms with van der Waals surface area (Å²) in [7, 11) is 0. The van der Waals surface area contributed by atoms with E-state index in [1.807, 2.05) is 6.92 Å². The minimum atomic E-state index is -1.97. The first-order valence-electron chi connectivity index (χ1n) is 4.05. The van der Waals surface area contributed by atoms with Crippen molar-refractivity contribution in [3.05, 3.63) is 23.8 Å². The van der Waals surface area contributed by atoms with Gasteiger partial charge < -0.3 is 11.1 Å². The van der Waals surface area contributed by atoms with E-state index in [9.17, 15) is 4.79 Å². The fourth-order valence-corrected chi connectivity index (χ4v) is 1.06. The van der Waals surface area contributed by atoms with Gasteiger partial charge in [-0.05, 0) is 24.6 Å². The van der Waals surface area contributed by atoms with Crippen LogP contribution < -0.4 is 11.1 Å². The molecule has 15 heavy (non-hydrogen) atoms. The minimum Gasteiger partial charge on any atom is -0.398 e. The molecular formula is C9H9Cl3N2O. The Kier molecular flexibility index (Phi) is 3.71. The molecule has 0 atom stereocenters. The average Bonchev–Trinajstić information content (AvgIpc) is 2.10. The van der Waals surface area contributed by atoms with Gasteiger partial charge in [0.15, 0.2) is 0 Å². The van der Waals surface area contributed by atoms with Gasteiger partial charge in [0.25, 0.3) is 9.70 Å². The smallest absolute Gasteiger partial charge is 0.276 e. The Hall–Kier alpha value is -0.640. The van der Waals surface area contributed by atoms with E-state index in [0.29, 0.717) is 11.4 Å². The molecule has 6 heteroatoms. The molecule has 0 bridgehead atoms. The molecule has 0 aliphatic rings. The van der Waals surface area contributed by atoms with Crippen LogP contribution in [-0.2, 0) is 4.79 Å². The van der Waals surface area contributed by atoms with Crippen molar-refractivity contribution >= 4 is 52.1 Å². The van der Waals surface area contributed by atoms with Crippen molar-refractivity contribution in [2.75, 3.05) is 11.1 Å². The summed E-state index contributed by atoms with van der Waals surface area (Å²) in [5, 5.41) is 2.44. The number of aryl methyl sites for hydroxylation is 1. The van der Waals surface area contributed by atoms with Crippen LogP contribution >= 0.6 is 34.8 Å². The maximum Gasteiger partial charge on any atom is 0.276 e. The molecule has 1 aromatic rings. The zero-order valence-electron chi connectivity index (χ0n) is 7.85. The van der Waals surface area contributed by atoms with Crippen LogP contribution in [-0.4, -0.2) is 9.70 Å². The zero-order chi connectivity index (χ0) is 11.6. The highest BCUT2D eigenvalue weighted by molar-refractivity contribution is 6.76. The Morgan fingerprint density at radius 1 is 1.40 bits per heavy atom. The molecule has 0 fully saturated rings. The van der Waals surface area contributed by atoms with Crippen LogP contribution in [0.3, 0.4) is 0 Å². The van der Waals surface area contributed by atoms with Crippen molar-refractivity contribution in [2.45, 2.75) is 10.7 Å². The number of anilines is 2. The Morgan fingerprint density at radius 3 is 2.47 bits per heavy atom. The van der Waals surface area contributed by atoms with Crippen LogP contribution in [0.15, 0.2) is 18.2 Å². The van der Waals surface area contributed by atoms with Crippen molar-refractivity contribution in [3.63, 3.8) is 0 Å². The largest absolute Gasteiger partial charge is 0.398 e. The molecule has 0 aliphatic carbocycles. The fraction of sp³-hybridized carbons (Fsp3) is 0.222. The van der Waals surface area contributed by atoms with E-state index in [2.05, 4.69) is 5.32 Å². The first-order valence-corrected chi connectivity index (χ1v) is 5.18. The summed E-state index contributed by atoms with van der Waals surface area (Å²) in [6.07, 6.45) is 0. The molecule has 1 aromatic carbocycles. The molecule has 0 unspecified atom stereocenters. The number of rotatable bonds is 1. The van der Waals surface area contributed by atoms with Crippen molar-refractivity contribution < 1.29 is 4.79 Å². The molecule has 0 aromatic heterocycles. The fourth-order valence-electron chi connectivity index (χ4n) is 0.920. The number of nitrogens with one attached hydrogen (secondary N) is 1. The molecule has 1 amide bonds. The van der Waals surface area contributed by atoms with Crippen molar-refractivity contribution in [3.8, 4) is 0 Å². The number of carbonyl (C=O) groups excluding carboxylic acids is 1. The summed E-state index contributed by atoms with van der Waals surface area (Å²) >= 11 is 16.2. The van der Waals surface area contributed by atoms with Crippen LogP contribution in [0.25, 0.3) is 0 Å². The normalized spacial score (nSPS) is 11.2. The average molecular weight is 268 g/mol. The van der Waals surface area contributed by atoms with Gasteiger partial charge in [-0.1, -0.05) is 40.9 Å². The predicted octanol–water partition coefficient (Wildman–Crippen LogP) is 2.89. The Morgan fingerprint density at radius 2 is 2.00 bits per heavy atom. The molecule has 3 N–H and O–H groups in total. The molecule has 0 aliphatic heterocycles. The van der Waals surface area contributed by atoms with Crippen LogP contribution in [0, 0.1) is 6.92 Å². The van der Waals surface area contributed by atoms with Crippen LogP contribution in [0.1, 0.15) is 5.56 Å². The summed E-state index contributed by atoms with van der Waals surface area (Å²) in [6.45, 7) is 1.86. The lowest BCUT2D eigenvalue weighted by Crippen LogP contribution is -2.26. The highest BCUT2D eigenvalue weighted by atomic mass is 35.6. The third-order valence-electron chi connectivity index (χ3n) is 1.79. The first-order chi connectivity index (χ1) is 6.80. The van der Waals surface area contributed by atoms with Crippen molar-refractivity contribution in [2.24, 2.45) is 0 Å². The van der Waals surface area contributed by atoms with E-state index >= 15 is 0 Å². The third kappa shape index (κ3) is 3.45. The van der Waals surface area contributed by atoms with E-state index in [0.717, 1.165) is 5.56 Å². The molecule has 3 nitrogen and oxygen atoms in total. The number of amides is 1. The summed E-state index contributed by atoms with van der Waals surface area (Å²) in [6, 6.07) is 5.05. The van der Waals surface area contributed by atoms with Crippen LogP contribution in [0.2, 0.25) is 0 Å². The van der Waals surface area contributed by atoms with E-state index in [-0.39, 0.29) is 0 Å². The van der Waals surface area contributed by atoms with E-state index in [4.69, 9.17) is 40.5 Å². The van der Waals surface area contributed by atoms with Gasteiger partial charge in [0.2, 0.25) is 0 Å². The third-order valence-corrected chi connectivity index (χ3v) is 2.31.